The third kappa shape index (κ3) is 3.56. The first-order chi connectivity index (χ1) is 11.6. The number of hydrogen-bond donors (Lipinski definition) is 0. The number of benzene rings is 1. The van der Waals surface area contributed by atoms with Crippen LogP contribution in [0.1, 0.15) is 44.6 Å². The molecule has 1 heterocycles. The van der Waals surface area contributed by atoms with Crippen molar-refractivity contribution in [3.8, 4) is 0 Å². The third-order valence-electron chi connectivity index (χ3n) is 5.75. The van der Waals surface area contributed by atoms with Crippen LogP contribution >= 0.6 is 0 Å². The first-order valence-corrected chi connectivity index (χ1v) is 9.16. The van der Waals surface area contributed by atoms with Gasteiger partial charge in [-0.15, -0.1) is 0 Å². The summed E-state index contributed by atoms with van der Waals surface area (Å²) in [6, 6.07) is 10.5. The molecule has 1 saturated heterocycles. The Hall–Kier alpha value is -1.61. The van der Waals surface area contributed by atoms with Crippen molar-refractivity contribution in [3.05, 3.63) is 47.5 Å². The van der Waals surface area contributed by atoms with Crippen molar-refractivity contribution in [1.82, 2.24) is 4.90 Å². The van der Waals surface area contributed by atoms with E-state index in [0.29, 0.717) is 5.92 Å². The summed E-state index contributed by atoms with van der Waals surface area (Å²) in [5.41, 5.74) is 2.38. The quantitative estimate of drug-likeness (QED) is 0.600. The van der Waals surface area contributed by atoms with Gasteiger partial charge in [0.05, 0.1) is 12.5 Å². The summed E-state index contributed by atoms with van der Waals surface area (Å²) >= 11 is 0. The van der Waals surface area contributed by atoms with Crippen LogP contribution in [-0.2, 0) is 16.1 Å². The van der Waals surface area contributed by atoms with Gasteiger partial charge in [-0.3, -0.25) is 9.69 Å². The predicted octanol–water partition coefficient (Wildman–Crippen LogP) is 4.19. The van der Waals surface area contributed by atoms with E-state index in [4.69, 9.17) is 4.74 Å². The van der Waals surface area contributed by atoms with Gasteiger partial charge in [0.1, 0.15) is 0 Å². The maximum atomic E-state index is 12.7. The maximum Gasteiger partial charge on any atom is 0.313 e. The number of rotatable bonds is 5. The number of ether oxygens (including phenoxy) is 1. The number of likely N-dealkylation sites (tertiary alicyclic amines) is 1. The molecule has 1 aliphatic heterocycles. The molecular formula is C21H29NO2. The molecule has 0 unspecified atom stereocenters. The zero-order valence-electron chi connectivity index (χ0n) is 15.0. The minimum absolute atomic E-state index is 0.0305. The minimum Gasteiger partial charge on any atom is -0.469 e. The Bertz CT molecular complexity index is 595. The fraction of sp³-hybridized carbons (Fsp3) is 0.571. The number of methoxy groups -OCH3 is 1. The Labute approximate surface area is 145 Å². The summed E-state index contributed by atoms with van der Waals surface area (Å²) in [5, 5.41) is 0. The molecule has 24 heavy (non-hydrogen) atoms. The normalized spacial score (nSPS) is 27.8. The molecule has 0 N–H and O–H groups in total. The lowest BCUT2D eigenvalue weighted by molar-refractivity contribution is -0.154. The first-order valence-electron chi connectivity index (χ1n) is 9.16. The van der Waals surface area contributed by atoms with E-state index in [0.717, 1.165) is 38.9 Å². The van der Waals surface area contributed by atoms with Gasteiger partial charge in [0.2, 0.25) is 0 Å². The van der Waals surface area contributed by atoms with E-state index in [1.807, 2.05) is 6.07 Å². The van der Waals surface area contributed by atoms with Gasteiger partial charge >= 0.3 is 5.97 Å². The largest absolute Gasteiger partial charge is 0.469 e. The highest BCUT2D eigenvalue weighted by Crippen LogP contribution is 2.44. The zero-order chi connectivity index (χ0) is 17.0. The van der Waals surface area contributed by atoms with E-state index in [-0.39, 0.29) is 11.4 Å². The van der Waals surface area contributed by atoms with Crippen LogP contribution in [0.25, 0.3) is 0 Å². The van der Waals surface area contributed by atoms with E-state index in [1.54, 1.807) is 0 Å². The van der Waals surface area contributed by atoms with E-state index >= 15 is 0 Å². The standard InChI is InChI=1S/C21H29NO2/c1-17-14-22(15-19-11-7-4-8-12-19)16-21(17,20(23)24-2)13-18-9-5-3-6-10-18/h4,7-9,11-12,17H,3,5-6,10,13-16H2,1-2H3/t17-,21-/m1/s1. The molecule has 2 atom stereocenters. The van der Waals surface area contributed by atoms with E-state index in [9.17, 15) is 4.79 Å². The molecule has 3 heteroatoms. The van der Waals surface area contributed by atoms with E-state index in [1.165, 1.54) is 31.1 Å². The van der Waals surface area contributed by atoms with Crippen molar-refractivity contribution in [1.29, 1.82) is 0 Å². The summed E-state index contributed by atoms with van der Waals surface area (Å²) < 4.78 is 5.26. The third-order valence-corrected chi connectivity index (χ3v) is 5.75. The number of carbonyl (C=O) groups excluding carboxylic acids is 1. The highest BCUT2D eigenvalue weighted by atomic mass is 16.5. The van der Waals surface area contributed by atoms with Crippen molar-refractivity contribution in [2.45, 2.75) is 45.6 Å². The van der Waals surface area contributed by atoms with Gasteiger partial charge in [0, 0.05) is 19.6 Å². The summed E-state index contributed by atoms with van der Waals surface area (Å²) in [6.45, 7) is 4.87. The Morgan fingerprint density at radius 3 is 2.75 bits per heavy atom. The molecule has 0 saturated carbocycles. The van der Waals surface area contributed by atoms with Crippen molar-refractivity contribution in [3.63, 3.8) is 0 Å². The van der Waals surface area contributed by atoms with Gasteiger partial charge in [-0.2, -0.15) is 0 Å². The van der Waals surface area contributed by atoms with E-state index < -0.39 is 0 Å². The van der Waals surface area contributed by atoms with Crippen molar-refractivity contribution < 1.29 is 9.53 Å². The van der Waals surface area contributed by atoms with Crippen LogP contribution in [0.15, 0.2) is 42.0 Å². The second-order valence-corrected chi connectivity index (χ2v) is 7.49. The Morgan fingerprint density at radius 2 is 2.08 bits per heavy atom. The average Bonchev–Trinajstić information content (AvgIpc) is 2.92. The minimum atomic E-state index is -0.382. The van der Waals surface area contributed by atoms with Gasteiger partial charge in [-0.25, -0.2) is 0 Å². The van der Waals surface area contributed by atoms with Crippen LogP contribution in [0.3, 0.4) is 0 Å². The fourth-order valence-corrected chi connectivity index (χ4v) is 4.39. The number of nitrogens with zero attached hydrogens (tertiary/aromatic N) is 1. The van der Waals surface area contributed by atoms with Crippen molar-refractivity contribution >= 4 is 5.97 Å². The number of allylic oxidation sites excluding steroid dienone is 2. The molecule has 0 bridgehead atoms. The summed E-state index contributed by atoms with van der Waals surface area (Å²) in [5.74, 6) is 0.286. The topological polar surface area (TPSA) is 29.5 Å². The average molecular weight is 327 g/mol. The lowest BCUT2D eigenvalue weighted by atomic mass is 9.72. The molecular weight excluding hydrogens is 298 g/mol. The molecule has 0 amide bonds. The molecule has 0 radical (unpaired) electrons. The zero-order valence-corrected chi connectivity index (χ0v) is 15.0. The Balaban J connectivity index is 1.77. The first kappa shape index (κ1) is 17.2. The molecule has 1 aromatic carbocycles. The fourth-order valence-electron chi connectivity index (χ4n) is 4.39. The highest BCUT2D eigenvalue weighted by Gasteiger charge is 2.51. The smallest absolute Gasteiger partial charge is 0.313 e. The monoisotopic (exact) mass is 327 g/mol. The lowest BCUT2D eigenvalue weighted by Crippen LogP contribution is -2.39. The second-order valence-electron chi connectivity index (χ2n) is 7.49. The van der Waals surface area contributed by atoms with Crippen LogP contribution in [0.5, 0.6) is 0 Å². The van der Waals surface area contributed by atoms with Crippen molar-refractivity contribution in [2.24, 2.45) is 11.3 Å². The number of hydrogen-bond acceptors (Lipinski definition) is 3. The van der Waals surface area contributed by atoms with Crippen LogP contribution in [0.2, 0.25) is 0 Å². The van der Waals surface area contributed by atoms with Crippen molar-refractivity contribution in [2.75, 3.05) is 20.2 Å². The summed E-state index contributed by atoms with van der Waals surface area (Å²) in [6.07, 6.45) is 8.07. The summed E-state index contributed by atoms with van der Waals surface area (Å²) in [4.78, 5) is 15.2. The second kappa shape index (κ2) is 7.52. The van der Waals surface area contributed by atoms with Gasteiger partial charge in [-0.05, 0) is 43.6 Å². The van der Waals surface area contributed by atoms with Gasteiger partial charge in [0.15, 0.2) is 0 Å². The van der Waals surface area contributed by atoms with Crippen LogP contribution in [0, 0.1) is 11.3 Å². The molecule has 3 rings (SSSR count). The highest BCUT2D eigenvalue weighted by molar-refractivity contribution is 5.78. The number of esters is 1. The lowest BCUT2D eigenvalue weighted by Gasteiger charge is -2.32. The Morgan fingerprint density at radius 1 is 1.29 bits per heavy atom. The predicted molar refractivity (Wildman–Crippen MR) is 96.5 cm³/mol. The van der Waals surface area contributed by atoms with Crippen LogP contribution < -0.4 is 0 Å². The van der Waals surface area contributed by atoms with E-state index in [2.05, 4.69) is 42.2 Å². The molecule has 0 spiro atoms. The summed E-state index contributed by atoms with van der Waals surface area (Å²) in [7, 11) is 1.53. The molecule has 1 fully saturated rings. The van der Waals surface area contributed by atoms with Gasteiger partial charge < -0.3 is 4.74 Å². The van der Waals surface area contributed by atoms with Crippen LogP contribution in [0.4, 0.5) is 0 Å². The van der Waals surface area contributed by atoms with Gasteiger partial charge in [0.25, 0.3) is 0 Å². The molecule has 1 aliphatic carbocycles. The Kier molecular flexibility index (Phi) is 5.40. The maximum absolute atomic E-state index is 12.7. The SMILES string of the molecule is COC(=O)[C@]1(CC2=CCCCC2)CN(Cc2ccccc2)C[C@H]1C. The molecule has 130 valence electrons. The molecule has 2 aliphatic rings. The molecule has 1 aromatic rings. The molecule has 0 aromatic heterocycles. The number of carbonyl (C=O) groups is 1. The van der Waals surface area contributed by atoms with Gasteiger partial charge in [-0.1, -0.05) is 48.9 Å². The molecule has 3 nitrogen and oxygen atoms in total. The van der Waals surface area contributed by atoms with Crippen LogP contribution in [-0.4, -0.2) is 31.1 Å².